The van der Waals surface area contributed by atoms with Gasteiger partial charge >= 0.3 is 5.97 Å². The van der Waals surface area contributed by atoms with Gasteiger partial charge in [0.1, 0.15) is 17.2 Å². The molecule has 0 unspecified atom stereocenters. The van der Waals surface area contributed by atoms with Crippen molar-refractivity contribution in [2.75, 3.05) is 33.3 Å². The van der Waals surface area contributed by atoms with Gasteiger partial charge in [-0.1, -0.05) is 6.07 Å². The van der Waals surface area contributed by atoms with E-state index >= 15 is 0 Å². The minimum atomic E-state index is -4.32. The third-order valence-corrected chi connectivity index (χ3v) is 8.40. The number of aromatic nitrogens is 1. The summed E-state index contributed by atoms with van der Waals surface area (Å²) in [6.45, 7) is 5.12. The van der Waals surface area contributed by atoms with Crippen molar-refractivity contribution in [2.45, 2.75) is 31.4 Å². The first-order valence-electron chi connectivity index (χ1n) is 11.9. The maximum Gasteiger partial charge on any atom is 0.343 e. The number of ether oxygens (including phenoxy) is 4. The van der Waals surface area contributed by atoms with Crippen LogP contribution in [0.1, 0.15) is 22.4 Å². The molecule has 1 N–H and O–H groups in total. The van der Waals surface area contributed by atoms with Crippen LogP contribution in [0.3, 0.4) is 0 Å². The topological polar surface area (TPSA) is 142 Å². The van der Waals surface area contributed by atoms with Gasteiger partial charge in [-0.3, -0.25) is 9.19 Å². The number of nitrogens with zero attached hydrogens (tertiary/aromatic N) is 2. The summed E-state index contributed by atoms with van der Waals surface area (Å²) in [5, 5.41) is 2.64. The van der Waals surface area contributed by atoms with Crippen LogP contribution >= 0.6 is 0 Å². The normalized spacial score (nSPS) is 12.4. The molecule has 3 aromatic rings. The average Bonchev–Trinajstić information content (AvgIpc) is 2.94. The standard InChI is InChI=1S/C27H31N3O8S2/c1-17-7-8-21(35-4)13-23(17)29-27(39(32)16-24-19(3)26(37-6)18(2)14-28-24)30-40(33,34)22-11-9-20(10-12-22)38-15-25(31)36-5/h7-14H,15-16H2,1-6H3,(H,29,30)/t39-/m0/s1. The van der Waals surface area contributed by atoms with Gasteiger partial charge in [0.15, 0.2) is 6.61 Å². The second kappa shape index (κ2) is 13.4. The summed E-state index contributed by atoms with van der Waals surface area (Å²) >= 11 is 0. The summed E-state index contributed by atoms with van der Waals surface area (Å²) in [6, 6.07) is 10.5. The highest BCUT2D eigenvalue weighted by molar-refractivity contribution is 8.01. The third kappa shape index (κ3) is 7.57. The Bertz CT molecular complexity index is 1540. The van der Waals surface area contributed by atoms with Crippen LogP contribution in [-0.2, 0) is 36.1 Å². The van der Waals surface area contributed by atoms with E-state index in [0.29, 0.717) is 28.4 Å². The summed E-state index contributed by atoms with van der Waals surface area (Å²) in [4.78, 5) is 15.5. The molecular formula is C27H31N3O8S2. The Morgan fingerprint density at radius 2 is 1.65 bits per heavy atom. The van der Waals surface area contributed by atoms with Crippen molar-refractivity contribution >= 4 is 37.6 Å². The largest absolute Gasteiger partial charge is 0.497 e. The van der Waals surface area contributed by atoms with E-state index in [-0.39, 0.29) is 28.2 Å². The molecule has 2 aromatic carbocycles. The highest BCUT2D eigenvalue weighted by Gasteiger charge is 2.22. The van der Waals surface area contributed by atoms with Crippen molar-refractivity contribution in [3.8, 4) is 17.2 Å². The van der Waals surface area contributed by atoms with Gasteiger partial charge in [-0.15, -0.1) is 4.40 Å². The molecular weight excluding hydrogens is 558 g/mol. The Morgan fingerprint density at radius 3 is 2.27 bits per heavy atom. The fourth-order valence-corrected chi connectivity index (χ4v) is 5.96. The fraction of sp³-hybridized carbons (Fsp3) is 0.296. The van der Waals surface area contributed by atoms with Crippen molar-refractivity contribution < 1.29 is 36.4 Å². The van der Waals surface area contributed by atoms with Gasteiger partial charge < -0.3 is 24.3 Å². The molecule has 0 saturated heterocycles. The van der Waals surface area contributed by atoms with Gasteiger partial charge in [0, 0.05) is 29.1 Å². The molecule has 40 heavy (non-hydrogen) atoms. The van der Waals surface area contributed by atoms with Crippen LogP contribution in [0.25, 0.3) is 0 Å². The van der Waals surface area contributed by atoms with Crippen LogP contribution in [0, 0.1) is 20.8 Å². The Morgan fingerprint density at radius 1 is 0.975 bits per heavy atom. The lowest BCUT2D eigenvalue weighted by atomic mass is 10.1. The molecule has 214 valence electrons. The predicted molar refractivity (Wildman–Crippen MR) is 152 cm³/mol. The van der Waals surface area contributed by atoms with Gasteiger partial charge in [0.2, 0.25) is 5.17 Å². The molecule has 0 fully saturated rings. The van der Waals surface area contributed by atoms with Crippen molar-refractivity contribution in [3.05, 3.63) is 71.0 Å². The van der Waals surface area contributed by atoms with E-state index in [1.807, 2.05) is 6.92 Å². The SMILES string of the molecule is COC(=O)COc1ccc(S(=O)(=O)/N=C(/Nc2cc(OC)ccc2C)[S@@](=O)Cc2ncc(C)c(OC)c2C)cc1. The summed E-state index contributed by atoms with van der Waals surface area (Å²) in [5.41, 5.74) is 3.20. The summed E-state index contributed by atoms with van der Waals surface area (Å²) in [6.07, 6.45) is 1.61. The number of anilines is 1. The van der Waals surface area contributed by atoms with Crippen molar-refractivity contribution in [2.24, 2.45) is 4.40 Å². The van der Waals surface area contributed by atoms with Gasteiger partial charge in [0.05, 0.1) is 48.5 Å². The number of hydrogen-bond donors (Lipinski definition) is 1. The molecule has 0 aliphatic rings. The summed E-state index contributed by atoms with van der Waals surface area (Å²) in [5.74, 6) is 0.691. The van der Waals surface area contributed by atoms with Crippen LogP contribution in [0.15, 0.2) is 58.0 Å². The van der Waals surface area contributed by atoms with Gasteiger partial charge in [-0.05, 0) is 56.7 Å². The number of nitrogens with one attached hydrogen (secondary N) is 1. The van der Waals surface area contributed by atoms with E-state index in [2.05, 4.69) is 19.4 Å². The van der Waals surface area contributed by atoms with Gasteiger partial charge in [0.25, 0.3) is 10.0 Å². The quantitative estimate of drug-likeness (QED) is 0.211. The Balaban J connectivity index is 2.00. The van der Waals surface area contributed by atoms with E-state index in [9.17, 15) is 17.4 Å². The predicted octanol–water partition coefficient (Wildman–Crippen LogP) is 3.68. The van der Waals surface area contributed by atoms with E-state index in [1.54, 1.807) is 38.2 Å². The molecule has 0 aliphatic heterocycles. The molecule has 1 aromatic heterocycles. The number of methoxy groups -OCH3 is 3. The second-order valence-corrected chi connectivity index (χ2v) is 11.5. The first-order valence-corrected chi connectivity index (χ1v) is 14.7. The highest BCUT2D eigenvalue weighted by Crippen LogP contribution is 2.27. The number of rotatable bonds is 10. The molecule has 0 bridgehead atoms. The number of benzene rings is 2. The first kappa shape index (κ1) is 30.6. The summed E-state index contributed by atoms with van der Waals surface area (Å²) in [7, 11) is -2.01. The minimum absolute atomic E-state index is 0.118. The van der Waals surface area contributed by atoms with Crippen LogP contribution in [0.4, 0.5) is 5.69 Å². The monoisotopic (exact) mass is 589 g/mol. The number of pyridine rings is 1. The maximum atomic E-state index is 13.6. The molecule has 13 heteroatoms. The fourth-order valence-electron chi connectivity index (χ4n) is 3.58. The number of amidine groups is 1. The van der Waals surface area contributed by atoms with Crippen LogP contribution in [-0.4, -0.2) is 56.7 Å². The number of carbonyl (C=O) groups is 1. The number of esters is 1. The zero-order valence-corrected chi connectivity index (χ0v) is 24.6. The average molecular weight is 590 g/mol. The summed E-state index contributed by atoms with van der Waals surface area (Å²) < 4.78 is 64.7. The van der Waals surface area contributed by atoms with Crippen molar-refractivity contribution in [1.82, 2.24) is 4.98 Å². The molecule has 0 aliphatic carbocycles. The van der Waals surface area contributed by atoms with Crippen molar-refractivity contribution in [1.29, 1.82) is 0 Å². The minimum Gasteiger partial charge on any atom is -0.497 e. The number of sulfonamides is 1. The van der Waals surface area contributed by atoms with E-state index in [1.165, 1.54) is 45.6 Å². The Kier molecular flexibility index (Phi) is 10.2. The lowest BCUT2D eigenvalue weighted by Gasteiger charge is -2.15. The lowest BCUT2D eigenvalue weighted by Crippen LogP contribution is -2.23. The van der Waals surface area contributed by atoms with E-state index < -0.39 is 26.8 Å². The molecule has 11 nitrogen and oxygen atoms in total. The van der Waals surface area contributed by atoms with Crippen LogP contribution in [0.5, 0.6) is 17.2 Å². The Hall–Kier alpha value is -3.97. The maximum absolute atomic E-state index is 13.6. The third-order valence-electron chi connectivity index (χ3n) is 5.83. The van der Waals surface area contributed by atoms with Crippen LogP contribution in [0.2, 0.25) is 0 Å². The van der Waals surface area contributed by atoms with Gasteiger partial charge in [-0.25, -0.2) is 4.79 Å². The zero-order valence-electron chi connectivity index (χ0n) is 23.0. The highest BCUT2D eigenvalue weighted by atomic mass is 32.2. The van der Waals surface area contributed by atoms with Gasteiger partial charge in [-0.2, -0.15) is 8.42 Å². The lowest BCUT2D eigenvalue weighted by molar-refractivity contribution is -0.142. The molecule has 0 saturated carbocycles. The molecule has 1 heterocycles. The van der Waals surface area contributed by atoms with E-state index in [0.717, 1.165) is 11.1 Å². The second-order valence-electron chi connectivity index (χ2n) is 8.55. The number of aryl methyl sites for hydroxylation is 2. The molecule has 3 rings (SSSR count). The zero-order chi connectivity index (χ0) is 29.4. The van der Waals surface area contributed by atoms with Crippen molar-refractivity contribution in [3.63, 3.8) is 0 Å². The first-order chi connectivity index (χ1) is 19.0. The Labute approximate surface area is 236 Å². The number of carbonyl (C=O) groups excluding carboxylic acids is 1. The molecule has 0 radical (unpaired) electrons. The van der Waals surface area contributed by atoms with Crippen LogP contribution < -0.4 is 19.5 Å². The smallest absolute Gasteiger partial charge is 0.343 e. The molecule has 1 atom stereocenters. The molecule has 0 amide bonds. The van der Waals surface area contributed by atoms with E-state index in [4.69, 9.17) is 14.2 Å². The molecule has 0 spiro atoms. The number of hydrogen-bond acceptors (Lipinski definition) is 9.